The van der Waals surface area contributed by atoms with E-state index >= 15 is 0 Å². The zero-order valence-corrected chi connectivity index (χ0v) is 10.7. The van der Waals surface area contributed by atoms with E-state index < -0.39 is 4.92 Å². The number of halogens is 1. The fourth-order valence-electron chi connectivity index (χ4n) is 1.45. The van der Waals surface area contributed by atoms with Crippen molar-refractivity contribution in [3.05, 3.63) is 21.6 Å². The zero-order valence-electron chi connectivity index (χ0n) is 9.14. The van der Waals surface area contributed by atoms with Gasteiger partial charge in [-0.2, -0.15) is 16.7 Å². The molecule has 6 nitrogen and oxygen atoms in total. The van der Waals surface area contributed by atoms with E-state index in [-0.39, 0.29) is 21.5 Å². The Labute approximate surface area is 107 Å². The molecule has 0 radical (unpaired) electrons. The third-order valence-electron chi connectivity index (χ3n) is 2.76. The summed E-state index contributed by atoms with van der Waals surface area (Å²) in [6.45, 7) is 0.655. The van der Waals surface area contributed by atoms with E-state index in [1.54, 1.807) is 11.8 Å². The van der Waals surface area contributed by atoms with Gasteiger partial charge in [0.15, 0.2) is 0 Å². The van der Waals surface area contributed by atoms with Crippen molar-refractivity contribution in [2.24, 2.45) is 0 Å². The summed E-state index contributed by atoms with van der Waals surface area (Å²) in [4.78, 5) is 17.7. The molecule has 8 heteroatoms. The predicted octanol–water partition coefficient (Wildman–Crippen LogP) is 2.35. The Morgan fingerprint density at radius 1 is 1.71 bits per heavy atom. The second-order valence-electron chi connectivity index (χ2n) is 3.87. The first-order valence-corrected chi connectivity index (χ1v) is 6.62. The maximum Gasteiger partial charge on any atom is 0.329 e. The molecule has 17 heavy (non-hydrogen) atoms. The highest BCUT2D eigenvalue weighted by Crippen LogP contribution is 2.47. The van der Waals surface area contributed by atoms with Gasteiger partial charge >= 0.3 is 5.69 Å². The largest absolute Gasteiger partial charge is 0.363 e. The van der Waals surface area contributed by atoms with Gasteiger partial charge in [0.1, 0.15) is 6.20 Å². The highest BCUT2D eigenvalue weighted by atomic mass is 35.5. The molecule has 0 amide bonds. The molecule has 1 aliphatic carbocycles. The van der Waals surface area contributed by atoms with Crippen LogP contribution in [0.4, 0.5) is 11.5 Å². The number of anilines is 1. The van der Waals surface area contributed by atoms with Crippen LogP contribution in [0.2, 0.25) is 5.28 Å². The Bertz CT molecular complexity index is 453. The number of rotatable bonds is 5. The molecular weight excluding hydrogens is 264 g/mol. The van der Waals surface area contributed by atoms with E-state index in [0.29, 0.717) is 6.54 Å². The first-order chi connectivity index (χ1) is 8.06. The molecule has 1 aromatic heterocycles. The van der Waals surface area contributed by atoms with Gasteiger partial charge in [-0.05, 0) is 30.7 Å². The van der Waals surface area contributed by atoms with Gasteiger partial charge in [-0.25, -0.2) is 4.98 Å². The molecule has 1 saturated carbocycles. The molecule has 0 aliphatic heterocycles. The molecule has 0 spiro atoms. The van der Waals surface area contributed by atoms with E-state index in [1.807, 2.05) is 6.26 Å². The van der Waals surface area contributed by atoms with E-state index in [0.717, 1.165) is 19.0 Å². The predicted molar refractivity (Wildman–Crippen MR) is 67.7 cm³/mol. The summed E-state index contributed by atoms with van der Waals surface area (Å²) in [5, 5.41) is 13.8. The molecule has 0 atom stereocenters. The number of nitrogens with one attached hydrogen (secondary N) is 1. The molecule has 1 fully saturated rings. The summed E-state index contributed by atoms with van der Waals surface area (Å²) in [6.07, 6.45) is 5.40. The van der Waals surface area contributed by atoms with E-state index in [2.05, 4.69) is 15.3 Å². The Morgan fingerprint density at radius 2 is 2.41 bits per heavy atom. The Hall–Kier alpha value is -1.08. The van der Waals surface area contributed by atoms with Crippen LogP contribution in [0, 0.1) is 10.1 Å². The standard InChI is InChI=1S/C9H11ClN4O2S/c1-17-9(2-3-9)5-12-7-6(14(15)16)4-11-8(10)13-7/h4H,2-3,5H2,1H3,(H,11,12,13). The topological polar surface area (TPSA) is 81.0 Å². The van der Waals surface area contributed by atoms with Crippen molar-refractivity contribution in [2.45, 2.75) is 17.6 Å². The minimum atomic E-state index is -0.517. The Kier molecular flexibility index (Phi) is 3.39. The molecule has 1 aromatic rings. The lowest BCUT2D eigenvalue weighted by Gasteiger charge is -2.13. The number of nitro groups is 1. The smallest absolute Gasteiger partial charge is 0.329 e. The van der Waals surface area contributed by atoms with Gasteiger partial charge in [0.25, 0.3) is 0 Å². The highest BCUT2D eigenvalue weighted by Gasteiger charge is 2.42. The fraction of sp³-hybridized carbons (Fsp3) is 0.556. The monoisotopic (exact) mass is 274 g/mol. The van der Waals surface area contributed by atoms with Crippen molar-refractivity contribution < 1.29 is 4.92 Å². The van der Waals surface area contributed by atoms with Crippen molar-refractivity contribution in [2.75, 3.05) is 18.1 Å². The maximum absolute atomic E-state index is 10.8. The third kappa shape index (κ3) is 2.78. The van der Waals surface area contributed by atoms with Crippen molar-refractivity contribution in [3.8, 4) is 0 Å². The van der Waals surface area contributed by atoms with Gasteiger partial charge in [0, 0.05) is 11.3 Å². The van der Waals surface area contributed by atoms with Gasteiger partial charge in [-0.1, -0.05) is 0 Å². The molecule has 1 heterocycles. The van der Waals surface area contributed by atoms with Crippen LogP contribution < -0.4 is 5.32 Å². The number of aromatic nitrogens is 2. The molecular formula is C9H11ClN4O2S. The lowest BCUT2D eigenvalue weighted by atomic mass is 10.4. The zero-order chi connectivity index (χ0) is 12.5. The average molecular weight is 275 g/mol. The maximum atomic E-state index is 10.8. The minimum Gasteiger partial charge on any atom is -0.363 e. The summed E-state index contributed by atoms with van der Waals surface area (Å²) in [5.41, 5.74) is -0.147. The van der Waals surface area contributed by atoms with Crippen LogP contribution in [0.3, 0.4) is 0 Å². The molecule has 0 saturated heterocycles. The molecule has 92 valence electrons. The van der Waals surface area contributed by atoms with E-state index in [4.69, 9.17) is 11.6 Å². The van der Waals surface area contributed by atoms with Crippen molar-refractivity contribution in [1.82, 2.24) is 9.97 Å². The normalized spacial score (nSPS) is 16.6. The summed E-state index contributed by atoms with van der Waals surface area (Å²) < 4.78 is 0.200. The second kappa shape index (κ2) is 4.66. The number of hydrogen-bond donors (Lipinski definition) is 1. The van der Waals surface area contributed by atoms with Crippen molar-refractivity contribution in [1.29, 1.82) is 0 Å². The lowest BCUT2D eigenvalue weighted by molar-refractivity contribution is -0.384. The fourth-order valence-corrected chi connectivity index (χ4v) is 2.32. The van der Waals surface area contributed by atoms with Crippen molar-refractivity contribution in [3.63, 3.8) is 0 Å². The van der Waals surface area contributed by atoms with Gasteiger partial charge in [0.05, 0.1) is 4.92 Å². The van der Waals surface area contributed by atoms with Crippen LogP contribution in [0.25, 0.3) is 0 Å². The Morgan fingerprint density at radius 3 is 2.94 bits per heavy atom. The average Bonchev–Trinajstić information content (AvgIpc) is 3.07. The first-order valence-electron chi connectivity index (χ1n) is 5.02. The molecule has 1 N–H and O–H groups in total. The van der Waals surface area contributed by atoms with Crippen LogP contribution in [-0.4, -0.2) is 32.4 Å². The molecule has 0 unspecified atom stereocenters. The van der Waals surface area contributed by atoms with Crippen LogP contribution >= 0.6 is 23.4 Å². The summed E-state index contributed by atoms with van der Waals surface area (Å²) in [6, 6.07) is 0. The second-order valence-corrected chi connectivity index (χ2v) is 5.48. The van der Waals surface area contributed by atoms with Gasteiger partial charge in [0.2, 0.25) is 11.1 Å². The van der Waals surface area contributed by atoms with E-state index in [1.165, 1.54) is 0 Å². The van der Waals surface area contributed by atoms with Crippen LogP contribution in [-0.2, 0) is 0 Å². The van der Waals surface area contributed by atoms with E-state index in [9.17, 15) is 10.1 Å². The summed E-state index contributed by atoms with van der Waals surface area (Å²) in [5.74, 6) is 0.190. The molecule has 0 aromatic carbocycles. The quantitative estimate of drug-likeness (QED) is 0.504. The number of nitrogens with zero attached hydrogens (tertiary/aromatic N) is 3. The van der Waals surface area contributed by atoms with Crippen LogP contribution in [0.5, 0.6) is 0 Å². The van der Waals surface area contributed by atoms with Gasteiger partial charge in [-0.15, -0.1) is 0 Å². The van der Waals surface area contributed by atoms with Crippen LogP contribution in [0.1, 0.15) is 12.8 Å². The summed E-state index contributed by atoms with van der Waals surface area (Å²) >= 11 is 7.40. The van der Waals surface area contributed by atoms with Gasteiger partial charge in [-0.3, -0.25) is 10.1 Å². The highest BCUT2D eigenvalue weighted by molar-refractivity contribution is 8.00. The lowest BCUT2D eigenvalue weighted by Crippen LogP contribution is -2.19. The minimum absolute atomic E-state index is 0.00657. The number of thioether (sulfide) groups is 1. The molecule has 2 rings (SSSR count). The first kappa shape index (κ1) is 12.4. The van der Waals surface area contributed by atoms with Crippen LogP contribution in [0.15, 0.2) is 6.20 Å². The summed E-state index contributed by atoms with van der Waals surface area (Å²) in [7, 11) is 0. The van der Waals surface area contributed by atoms with Gasteiger partial charge < -0.3 is 5.32 Å². The molecule has 1 aliphatic rings. The number of hydrogen-bond acceptors (Lipinski definition) is 6. The molecule has 0 bridgehead atoms. The SMILES string of the molecule is CSC1(CNc2nc(Cl)ncc2[N+](=O)[O-])CC1. The third-order valence-corrected chi connectivity index (χ3v) is 4.36. The Balaban J connectivity index is 2.13. The van der Waals surface area contributed by atoms with Crippen molar-refractivity contribution >= 4 is 34.9 Å².